The molecule has 0 aliphatic rings. The van der Waals surface area contributed by atoms with Gasteiger partial charge in [-0.05, 0) is 44.5 Å². The Morgan fingerprint density at radius 1 is 0.920 bits per heavy atom. The molecule has 2 heterocycles. The van der Waals surface area contributed by atoms with Crippen molar-refractivity contribution in [1.29, 1.82) is 0 Å². The zero-order valence-corrected chi connectivity index (χ0v) is 15.0. The largest absolute Gasteiger partial charge is 0.321 e. The summed E-state index contributed by atoms with van der Waals surface area (Å²) in [6.45, 7) is 6.60. The van der Waals surface area contributed by atoms with E-state index in [4.69, 9.17) is 9.97 Å². The molecule has 0 unspecified atom stereocenters. The molecule has 0 saturated heterocycles. The highest BCUT2D eigenvalue weighted by Crippen LogP contribution is 2.32. The van der Waals surface area contributed by atoms with Crippen LogP contribution in [-0.2, 0) is 6.42 Å². The third kappa shape index (κ3) is 2.70. The summed E-state index contributed by atoms with van der Waals surface area (Å²) in [4.78, 5) is 9.91. The molecule has 0 amide bonds. The van der Waals surface area contributed by atoms with Crippen LogP contribution in [0.4, 0.5) is 0 Å². The molecule has 0 atom stereocenters. The molecule has 25 heavy (non-hydrogen) atoms. The van der Waals surface area contributed by atoms with Crippen LogP contribution in [0, 0.1) is 0 Å². The number of nitrogens with zero attached hydrogens (tertiary/aromatic N) is 3. The maximum atomic E-state index is 4.96. The number of imidazole rings is 1. The van der Waals surface area contributed by atoms with Gasteiger partial charge in [0.05, 0.1) is 16.6 Å². The number of benzene rings is 2. The van der Waals surface area contributed by atoms with Gasteiger partial charge in [0.25, 0.3) is 0 Å². The van der Waals surface area contributed by atoms with Crippen LogP contribution in [-0.4, -0.2) is 14.5 Å². The number of para-hydroxylation sites is 3. The summed E-state index contributed by atoms with van der Waals surface area (Å²) >= 11 is 0. The highest BCUT2D eigenvalue weighted by molar-refractivity contribution is 5.94. The number of fused-ring (bicyclic) bond motifs is 2. The summed E-state index contributed by atoms with van der Waals surface area (Å²) in [5, 5.41) is 1.17. The molecule has 0 N–H and O–H groups in total. The van der Waals surface area contributed by atoms with Gasteiger partial charge in [-0.2, -0.15) is 0 Å². The second kappa shape index (κ2) is 6.32. The average Bonchev–Trinajstić information content (AvgIpc) is 3.01. The van der Waals surface area contributed by atoms with Gasteiger partial charge >= 0.3 is 0 Å². The molecule has 2 aromatic carbocycles. The van der Waals surface area contributed by atoms with Crippen LogP contribution in [0.1, 0.15) is 38.9 Å². The molecule has 3 heteroatoms. The van der Waals surface area contributed by atoms with Gasteiger partial charge in [0.15, 0.2) is 0 Å². The van der Waals surface area contributed by atoms with E-state index in [0.717, 1.165) is 41.0 Å². The van der Waals surface area contributed by atoms with E-state index in [9.17, 15) is 0 Å². The molecule has 3 nitrogen and oxygen atoms in total. The Bertz CT molecular complexity index is 1040. The molecule has 0 bridgehead atoms. The van der Waals surface area contributed by atoms with E-state index in [0.29, 0.717) is 6.04 Å². The topological polar surface area (TPSA) is 30.7 Å². The molecule has 0 radical (unpaired) electrons. The Morgan fingerprint density at radius 3 is 2.56 bits per heavy atom. The van der Waals surface area contributed by atoms with E-state index in [1.165, 1.54) is 10.9 Å². The number of aromatic nitrogens is 3. The first kappa shape index (κ1) is 15.8. The normalized spacial score (nSPS) is 11.7. The molecule has 0 aliphatic carbocycles. The van der Waals surface area contributed by atoms with Gasteiger partial charge in [-0.3, -0.25) is 4.98 Å². The number of aryl methyl sites for hydroxylation is 1. The average molecular weight is 329 g/mol. The van der Waals surface area contributed by atoms with Crippen molar-refractivity contribution in [2.45, 2.75) is 39.7 Å². The lowest BCUT2D eigenvalue weighted by Gasteiger charge is -2.14. The van der Waals surface area contributed by atoms with Crippen LogP contribution in [0.25, 0.3) is 33.3 Å². The third-order valence-electron chi connectivity index (χ3n) is 4.64. The van der Waals surface area contributed by atoms with Crippen LogP contribution in [0.2, 0.25) is 0 Å². The third-order valence-corrected chi connectivity index (χ3v) is 4.64. The molecule has 0 aliphatic heterocycles. The standard InChI is InChI=1S/C22H23N3/c1-4-8-17-14-13-16-9-7-10-18(21(16)23-17)22-24-19-11-5-6-12-20(19)25(22)15(2)3/h5-7,9-15H,4,8H2,1-3H3. The zero-order chi connectivity index (χ0) is 17.4. The lowest BCUT2D eigenvalue weighted by atomic mass is 10.1. The van der Waals surface area contributed by atoms with E-state index >= 15 is 0 Å². The molecule has 0 saturated carbocycles. The van der Waals surface area contributed by atoms with Crippen molar-refractivity contribution in [2.75, 3.05) is 0 Å². The first-order valence-corrected chi connectivity index (χ1v) is 9.05. The molecule has 4 aromatic rings. The van der Waals surface area contributed by atoms with Crippen molar-refractivity contribution in [2.24, 2.45) is 0 Å². The van der Waals surface area contributed by atoms with Crippen molar-refractivity contribution in [1.82, 2.24) is 14.5 Å². The van der Waals surface area contributed by atoms with Crippen molar-refractivity contribution in [3.05, 3.63) is 60.3 Å². The summed E-state index contributed by atoms with van der Waals surface area (Å²) in [6.07, 6.45) is 2.11. The van der Waals surface area contributed by atoms with E-state index in [1.807, 2.05) is 6.07 Å². The Morgan fingerprint density at radius 2 is 1.76 bits per heavy atom. The fourth-order valence-corrected chi connectivity index (χ4v) is 3.52. The first-order chi connectivity index (χ1) is 12.2. The zero-order valence-electron chi connectivity index (χ0n) is 15.0. The highest BCUT2D eigenvalue weighted by Gasteiger charge is 2.17. The molecule has 0 spiro atoms. The second-order valence-electron chi connectivity index (χ2n) is 6.82. The Hall–Kier alpha value is -2.68. The molecular weight excluding hydrogens is 306 g/mol. The summed E-state index contributed by atoms with van der Waals surface area (Å²) in [7, 11) is 0. The fourth-order valence-electron chi connectivity index (χ4n) is 3.52. The molecule has 4 rings (SSSR count). The SMILES string of the molecule is CCCc1ccc2cccc(-c3nc4ccccc4n3C(C)C)c2n1. The van der Waals surface area contributed by atoms with E-state index in [-0.39, 0.29) is 0 Å². The van der Waals surface area contributed by atoms with Gasteiger partial charge < -0.3 is 4.57 Å². The monoisotopic (exact) mass is 329 g/mol. The summed E-state index contributed by atoms with van der Waals surface area (Å²) in [5.74, 6) is 1.00. The molecular formula is C22H23N3. The minimum atomic E-state index is 0.330. The van der Waals surface area contributed by atoms with Crippen LogP contribution in [0.5, 0.6) is 0 Å². The quantitative estimate of drug-likeness (QED) is 0.475. The maximum absolute atomic E-state index is 4.96. The summed E-state index contributed by atoms with van der Waals surface area (Å²) in [5.41, 5.74) is 5.52. The van der Waals surface area contributed by atoms with E-state index < -0.39 is 0 Å². The lowest BCUT2D eigenvalue weighted by molar-refractivity contribution is 0.624. The second-order valence-corrected chi connectivity index (χ2v) is 6.82. The van der Waals surface area contributed by atoms with Crippen LogP contribution in [0.15, 0.2) is 54.6 Å². The van der Waals surface area contributed by atoms with Crippen molar-refractivity contribution >= 4 is 21.9 Å². The van der Waals surface area contributed by atoms with Gasteiger partial charge in [-0.1, -0.05) is 43.7 Å². The number of hydrogen-bond donors (Lipinski definition) is 0. The van der Waals surface area contributed by atoms with Crippen LogP contribution >= 0.6 is 0 Å². The molecule has 0 fully saturated rings. The summed E-state index contributed by atoms with van der Waals surface area (Å²) < 4.78 is 2.32. The Balaban J connectivity index is 2.03. The van der Waals surface area contributed by atoms with Crippen LogP contribution in [0.3, 0.4) is 0 Å². The number of hydrogen-bond acceptors (Lipinski definition) is 2. The minimum Gasteiger partial charge on any atom is -0.321 e. The lowest BCUT2D eigenvalue weighted by Crippen LogP contribution is -2.04. The Labute approximate surface area is 148 Å². The van der Waals surface area contributed by atoms with Gasteiger partial charge in [0, 0.05) is 22.7 Å². The smallest absolute Gasteiger partial charge is 0.143 e. The molecule has 126 valence electrons. The first-order valence-electron chi connectivity index (χ1n) is 9.05. The van der Waals surface area contributed by atoms with Crippen molar-refractivity contribution in [3.63, 3.8) is 0 Å². The van der Waals surface area contributed by atoms with Crippen LogP contribution < -0.4 is 0 Å². The number of rotatable bonds is 4. The minimum absolute atomic E-state index is 0.330. The highest BCUT2D eigenvalue weighted by atomic mass is 15.1. The summed E-state index contributed by atoms with van der Waals surface area (Å²) in [6, 6.07) is 19.4. The Kier molecular flexibility index (Phi) is 4.00. The molecule has 2 aromatic heterocycles. The van der Waals surface area contributed by atoms with Crippen molar-refractivity contribution < 1.29 is 0 Å². The van der Waals surface area contributed by atoms with E-state index in [2.05, 4.69) is 73.9 Å². The van der Waals surface area contributed by atoms with Gasteiger partial charge in [0.2, 0.25) is 0 Å². The predicted octanol–water partition coefficient (Wildman–Crippen LogP) is 5.78. The predicted molar refractivity (Wildman–Crippen MR) is 105 cm³/mol. The van der Waals surface area contributed by atoms with Crippen molar-refractivity contribution in [3.8, 4) is 11.4 Å². The van der Waals surface area contributed by atoms with E-state index in [1.54, 1.807) is 0 Å². The van der Waals surface area contributed by atoms with Gasteiger partial charge in [-0.15, -0.1) is 0 Å². The number of pyridine rings is 1. The maximum Gasteiger partial charge on any atom is 0.143 e. The van der Waals surface area contributed by atoms with Gasteiger partial charge in [-0.25, -0.2) is 4.98 Å². The fraction of sp³-hybridized carbons (Fsp3) is 0.273. The van der Waals surface area contributed by atoms with Gasteiger partial charge in [0.1, 0.15) is 5.82 Å².